The van der Waals surface area contributed by atoms with Crippen LogP contribution in [0.25, 0.3) is 0 Å². The molecule has 1 aliphatic heterocycles. The zero-order chi connectivity index (χ0) is 13.2. The number of aliphatic hydroxyl groups excluding tert-OH is 1. The van der Waals surface area contributed by atoms with E-state index in [-0.39, 0.29) is 0 Å². The molecule has 94 valence electrons. The maximum Gasteiger partial charge on any atom is 0.322 e. The fraction of sp³-hybridized carbons (Fsp3) is 0.300. The van der Waals surface area contributed by atoms with Gasteiger partial charge < -0.3 is 15.9 Å². The summed E-state index contributed by atoms with van der Waals surface area (Å²) in [6.07, 6.45) is 0. The Labute approximate surface area is 98.6 Å². The van der Waals surface area contributed by atoms with E-state index in [1.807, 2.05) is 13.0 Å². The minimum atomic E-state index is -2.90. The van der Waals surface area contributed by atoms with Crippen molar-refractivity contribution in [3.05, 3.63) is 23.8 Å². The highest BCUT2D eigenvalue weighted by Crippen LogP contribution is 2.39. The van der Waals surface area contributed by atoms with Crippen LogP contribution in [0.4, 0.5) is 0 Å². The predicted molar refractivity (Wildman–Crippen MR) is 59.3 cm³/mol. The first-order valence-electron chi connectivity index (χ1n) is 4.75. The second-order valence-electron chi connectivity index (χ2n) is 3.58. The fourth-order valence-corrected chi connectivity index (χ4v) is 2.45. The van der Waals surface area contributed by atoms with Crippen LogP contribution in [0.3, 0.4) is 0 Å². The highest BCUT2D eigenvalue weighted by atomic mass is 32.2. The molecule has 1 unspecified atom stereocenters. The Balaban J connectivity index is 0.000000185. The Bertz CT molecular complexity index is 538. The number of hydrogen-bond donors (Lipinski definition) is 3. The maximum atomic E-state index is 10.9. The van der Waals surface area contributed by atoms with Crippen molar-refractivity contribution in [2.24, 2.45) is 5.73 Å². The summed E-state index contributed by atoms with van der Waals surface area (Å²) in [4.78, 5) is 10.7. The minimum absolute atomic E-state index is 0.498. The Morgan fingerprint density at radius 3 is 2.29 bits per heavy atom. The molecule has 0 radical (unpaired) electrons. The predicted octanol–water partition coefficient (Wildman–Crippen LogP) is -0.468. The van der Waals surface area contributed by atoms with Crippen LogP contribution in [0.15, 0.2) is 28.0 Å². The quantitative estimate of drug-likeness (QED) is 0.628. The Morgan fingerprint density at radius 1 is 1.41 bits per heavy atom. The Morgan fingerprint density at radius 2 is 2.00 bits per heavy atom. The van der Waals surface area contributed by atoms with Gasteiger partial charge in [0, 0.05) is 0 Å². The van der Waals surface area contributed by atoms with Crippen LogP contribution < -0.4 is 5.73 Å². The lowest BCUT2D eigenvalue weighted by atomic mass is 10.2. The molecule has 1 aromatic rings. The highest BCUT2D eigenvalue weighted by Gasteiger charge is 2.38. The summed E-state index contributed by atoms with van der Waals surface area (Å²) >= 11 is 0. The molecule has 0 saturated carbocycles. The summed E-state index contributed by atoms with van der Waals surface area (Å²) in [7, 11) is -2.90. The number of carbonyl (C=O) groups is 1. The molecule has 4 N–H and O–H groups in total. The highest BCUT2D eigenvalue weighted by molar-refractivity contribution is 7.97. The van der Waals surface area contributed by atoms with Crippen LogP contribution in [0.2, 0.25) is 0 Å². The molecular weight excluding hydrogens is 246 g/mol. The summed E-state index contributed by atoms with van der Waals surface area (Å²) in [5, 5.41) is 15.9. The molecule has 1 heterocycles. The van der Waals surface area contributed by atoms with Crippen molar-refractivity contribution < 1.29 is 23.4 Å². The molecule has 7 heteroatoms. The van der Waals surface area contributed by atoms with E-state index in [9.17, 15) is 13.2 Å². The molecule has 0 saturated heterocycles. The number of carboxylic acid groups (broad SMARTS) is 1. The van der Waals surface area contributed by atoms with Crippen LogP contribution in [0.1, 0.15) is 5.56 Å². The van der Waals surface area contributed by atoms with E-state index in [1.54, 1.807) is 12.1 Å². The molecule has 0 aromatic heterocycles. The van der Waals surface area contributed by atoms with Gasteiger partial charge in [0.05, 0.1) is 16.4 Å². The fourth-order valence-electron chi connectivity index (χ4n) is 1.08. The topological polar surface area (TPSA) is 118 Å². The van der Waals surface area contributed by atoms with Gasteiger partial charge in [-0.05, 0) is 24.6 Å². The van der Waals surface area contributed by atoms with Gasteiger partial charge in [0.25, 0.3) is 0 Å². The smallest absolute Gasteiger partial charge is 0.322 e. The van der Waals surface area contributed by atoms with Crippen LogP contribution in [-0.2, 0) is 14.6 Å². The molecule has 0 amide bonds. The van der Waals surface area contributed by atoms with Crippen LogP contribution in [0, 0.1) is 6.92 Å². The van der Waals surface area contributed by atoms with Crippen molar-refractivity contribution in [1.29, 1.82) is 0 Å². The van der Waals surface area contributed by atoms with Gasteiger partial charge in [-0.15, -0.1) is 0 Å². The normalized spacial score (nSPS) is 16.2. The van der Waals surface area contributed by atoms with Crippen LogP contribution >= 0.6 is 0 Å². The van der Waals surface area contributed by atoms with E-state index in [2.05, 4.69) is 0 Å². The van der Waals surface area contributed by atoms with Crippen LogP contribution in [-0.4, -0.2) is 37.2 Å². The number of benzene rings is 1. The van der Waals surface area contributed by atoms with Crippen molar-refractivity contribution in [2.45, 2.75) is 22.8 Å². The van der Waals surface area contributed by atoms with E-state index in [4.69, 9.17) is 15.9 Å². The first-order valence-corrected chi connectivity index (χ1v) is 6.24. The number of fused-ring (bicyclic) bond motifs is 1. The van der Waals surface area contributed by atoms with Crippen molar-refractivity contribution >= 4 is 15.8 Å². The van der Waals surface area contributed by atoms with Gasteiger partial charge in [0.2, 0.25) is 9.84 Å². The van der Waals surface area contributed by atoms with Crippen molar-refractivity contribution in [3.8, 4) is 0 Å². The average Bonchev–Trinajstić information content (AvgIpc) is 2.80. The molecule has 2 rings (SSSR count). The largest absolute Gasteiger partial charge is 0.480 e. The number of sulfone groups is 1. The summed E-state index contributed by atoms with van der Waals surface area (Å²) in [5.74, 6) is -1.18. The molecule has 1 aliphatic rings. The van der Waals surface area contributed by atoms with Gasteiger partial charge in [-0.25, -0.2) is 8.42 Å². The van der Waals surface area contributed by atoms with Crippen molar-refractivity contribution in [2.75, 3.05) is 6.61 Å². The molecule has 1 atom stereocenters. The number of aliphatic carboxylic acids is 1. The lowest BCUT2D eigenvalue weighted by Gasteiger charge is -1.96. The molecule has 17 heavy (non-hydrogen) atoms. The zero-order valence-corrected chi connectivity index (χ0v) is 9.94. The van der Waals surface area contributed by atoms with Crippen molar-refractivity contribution in [3.63, 3.8) is 0 Å². The number of aryl methyl sites for hydroxylation is 1. The molecule has 0 fully saturated rings. The monoisotopic (exact) mass is 259 g/mol. The van der Waals surface area contributed by atoms with E-state index >= 15 is 0 Å². The second-order valence-corrected chi connectivity index (χ2v) is 5.47. The van der Waals surface area contributed by atoms with Gasteiger partial charge in [0.15, 0.2) is 0 Å². The van der Waals surface area contributed by atoms with Gasteiger partial charge >= 0.3 is 5.97 Å². The number of carboxylic acids is 1. The molecule has 0 bridgehead atoms. The molecule has 6 nitrogen and oxygen atoms in total. The minimum Gasteiger partial charge on any atom is -0.480 e. The van der Waals surface area contributed by atoms with E-state index < -0.39 is 28.5 Å². The zero-order valence-electron chi connectivity index (χ0n) is 9.12. The first kappa shape index (κ1) is 13.6. The third kappa shape index (κ3) is 3.02. The Hall–Kier alpha value is -1.44. The molecular formula is C10H13NO5S. The van der Waals surface area contributed by atoms with Gasteiger partial charge in [0.1, 0.15) is 6.04 Å². The summed E-state index contributed by atoms with van der Waals surface area (Å²) in [6, 6.07) is 4.04. The van der Waals surface area contributed by atoms with Gasteiger partial charge in [-0.3, -0.25) is 4.79 Å². The molecule has 0 spiro atoms. The summed E-state index contributed by atoms with van der Waals surface area (Å²) in [6.45, 7) is 1.38. The lowest BCUT2D eigenvalue weighted by Crippen LogP contribution is -2.33. The summed E-state index contributed by atoms with van der Waals surface area (Å²) < 4.78 is 21.8. The van der Waals surface area contributed by atoms with Crippen molar-refractivity contribution in [1.82, 2.24) is 0 Å². The van der Waals surface area contributed by atoms with E-state index in [0.717, 1.165) is 5.56 Å². The average molecular weight is 259 g/mol. The lowest BCUT2D eigenvalue weighted by molar-refractivity contribution is -0.139. The van der Waals surface area contributed by atoms with Gasteiger partial charge in [-0.2, -0.15) is 0 Å². The van der Waals surface area contributed by atoms with Gasteiger partial charge in [-0.1, -0.05) is 6.07 Å². The first-order chi connectivity index (χ1) is 7.80. The number of hydrogen-bond acceptors (Lipinski definition) is 5. The summed E-state index contributed by atoms with van der Waals surface area (Å²) in [5.41, 5.74) is 5.77. The third-order valence-electron chi connectivity index (χ3n) is 2.15. The molecule has 0 aliphatic carbocycles. The standard InChI is InChI=1S/C7H6O2S.C3H7NO3/c1-5-2-3-6-7(4-5)10(6,8)9;4-2(1-5)3(6)7/h2-4H,1H3;2,5H,1,4H2,(H,6,7). The third-order valence-corrected chi connectivity index (χ3v) is 3.80. The SMILES string of the molecule is Cc1ccc2c(c1)S2(=O)=O.NC(CO)C(=O)O. The second kappa shape index (κ2) is 4.82. The molecule has 1 aromatic carbocycles. The number of nitrogens with two attached hydrogens (primary N) is 1. The van der Waals surface area contributed by atoms with E-state index in [1.165, 1.54) is 0 Å². The van der Waals surface area contributed by atoms with Crippen LogP contribution in [0.5, 0.6) is 0 Å². The number of aliphatic hydroxyl groups is 1. The maximum absolute atomic E-state index is 10.9. The number of rotatable bonds is 2. The Kier molecular flexibility index (Phi) is 3.87. The van der Waals surface area contributed by atoms with E-state index in [0.29, 0.717) is 9.79 Å².